The highest BCUT2D eigenvalue weighted by atomic mass is 15.1. The van der Waals surface area contributed by atoms with Gasteiger partial charge in [0.1, 0.15) is 0 Å². The van der Waals surface area contributed by atoms with Gasteiger partial charge in [-0.2, -0.15) is 0 Å². The lowest BCUT2D eigenvalue weighted by molar-refractivity contribution is 0.237. The van der Waals surface area contributed by atoms with Crippen molar-refractivity contribution in [1.82, 2.24) is 4.90 Å². The van der Waals surface area contributed by atoms with Gasteiger partial charge < -0.3 is 5.32 Å². The van der Waals surface area contributed by atoms with E-state index in [1.54, 1.807) is 0 Å². The van der Waals surface area contributed by atoms with Crippen molar-refractivity contribution in [3.63, 3.8) is 0 Å². The van der Waals surface area contributed by atoms with Crippen LogP contribution in [0.1, 0.15) is 31.2 Å². The second-order valence-electron chi connectivity index (χ2n) is 4.80. The van der Waals surface area contributed by atoms with Crippen LogP contribution in [0.3, 0.4) is 0 Å². The zero-order valence-corrected chi connectivity index (χ0v) is 10.4. The highest BCUT2D eigenvalue weighted by Gasteiger charge is 2.19. The Hall–Kier alpha value is -1.02. The highest BCUT2D eigenvalue weighted by Crippen LogP contribution is 2.23. The largest absolute Gasteiger partial charge is 0.388 e. The van der Waals surface area contributed by atoms with Crippen LogP contribution in [0.4, 0.5) is 5.69 Å². The summed E-state index contributed by atoms with van der Waals surface area (Å²) in [6, 6.07) is 9.55. The third-order valence-corrected chi connectivity index (χ3v) is 3.62. The van der Waals surface area contributed by atoms with E-state index in [0.717, 1.165) is 12.6 Å². The van der Waals surface area contributed by atoms with Gasteiger partial charge in [-0.3, -0.25) is 4.90 Å². The molecule has 0 bridgehead atoms. The summed E-state index contributed by atoms with van der Waals surface area (Å²) in [7, 11) is 4.21. The first kappa shape index (κ1) is 11.5. The van der Waals surface area contributed by atoms with Crippen LogP contribution < -0.4 is 5.32 Å². The fourth-order valence-electron chi connectivity index (χ4n) is 2.54. The normalized spacial score (nSPS) is 16.9. The molecule has 0 aliphatic heterocycles. The van der Waals surface area contributed by atoms with Gasteiger partial charge in [0, 0.05) is 25.3 Å². The van der Waals surface area contributed by atoms with Crippen LogP contribution in [0.5, 0.6) is 0 Å². The third-order valence-electron chi connectivity index (χ3n) is 3.62. The van der Waals surface area contributed by atoms with Crippen LogP contribution in [0.25, 0.3) is 0 Å². The van der Waals surface area contributed by atoms with E-state index >= 15 is 0 Å². The van der Waals surface area contributed by atoms with E-state index in [9.17, 15) is 0 Å². The molecule has 88 valence electrons. The molecule has 2 rings (SSSR count). The molecular formula is C14H22N2. The zero-order valence-electron chi connectivity index (χ0n) is 10.4. The second-order valence-corrected chi connectivity index (χ2v) is 4.80. The molecule has 2 heteroatoms. The van der Waals surface area contributed by atoms with Gasteiger partial charge in [0.2, 0.25) is 0 Å². The third kappa shape index (κ3) is 2.76. The molecule has 0 unspecified atom stereocenters. The first-order chi connectivity index (χ1) is 7.79. The molecule has 0 amide bonds. The lowest BCUT2D eigenvalue weighted by Gasteiger charge is -2.24. The minimum Gasteiger partial charge on any atom is -0.388 e. The number of rotatable bonds is 4. The Labute approximate surface area is 98.7 Å². The summed E-state index contributed by atoms with van der Waals surface area (Å²) >= 11 is 0. The van der Waals surface area contributed by atoms with Gasteiger partial charge in [0.25, 0.3) is 0 Å². The average molecular weight is 218 g/mol. The number of anilines is 1. The first-order valence-corrected chi connectivity index (χ1v) is 6.26. The van der Waals surface area contributed by atoms with Crippen molar-refractivity contribution in [3.05, 3.63) is 29.8 Å². The van der Waals surface area contributed by atoms with Gasteiger partial charge in [-0.15, -0.1) is 0 Å². The number of nitrogens with one attached hydrogen (secondary N) is 1. The summed E-state index contributed by atoms with van der Waals surface area (Å²) in [5.74, 6) is 0. The van der Waals surface area contributed by atoms with E-state index in [-0.39, 0.29) is 0 Å². The molecule has 1 aromatic carbocycles. The molecule has 16 heavy (non-hydrogen) atoms. The fraction of sp³-hybridized carbons (Fsp3) is 0.571. The first-order valence-electron chi connectivity index (χ1n) is 6.26. The second kappa shape index (κ2) is 5.35. The Kier molecular flexibility index (Phi) is 3.83. The molecule has 1 N–H and O–H groups in total. The van der Waals surface area contributed by atoms with Crippen LogP contribution in [-0.2, 0) is 6.54 Å². The van der Waals surface area contributed by atoms with Crippen LogP contribution >= 0.6 is 0 Å². The van der Waals surface area contributed by atoms with Crippen molar-refractivity contribution >= 4 is 5.69 Å². The van der Waals surface area contributed by atoms with Gasteiger partial charge in [-0.25, -0.2) is 0 Å². The Morgan fingerprint density at radius 2 is 1.81 bits per heavy atom. The average Bonchev–Trinajstić information content (AvgIpc) is 2.83. The predicted octanol–water partition coefficient (Wildman–Crippen LogP) is 3.10. The molecule has 1 fully saturated rings. The molecule has 0 radical (unpaired) electrons. The van der Waals surface area contributed by atoms with Gasteiger partial charge in [0.15, 0.2) is 0 Å². The molecule has 0 aromatic heterocycles. The van der Waals surface area contributed by atoms with E-state index < -0.39 is 0 Å². The quantitative estimate of drug-likeness (QED) is 0.835. The molecule has 0 spiro atoms. The van der Waals surface area contributed by atoms with Crippen LogP contribution in [-0.4, -0.2) is 25.0 Å². The lowest BCUT2D eigenvalue weighted by atomic mass is 10.1. The number of nitrogens with zero attached hydrogens (tertiary/aromatic N) is 1. The van der Waals surface area contributed by atoms with Crippen molar-refractivity contribution in [2.75, 3.05) is 19.4 Å². The number of hydrogen-bond donors (Lipinski definition) is 1. The van der Waals surface area contributed by atoms with Gasteiger partial charge >= 0.3 is 0 Å². The highest BCUT2D eigenvalue weighted by molar-refractivity contribution is 5.43. The maximum absolute atomic E-state index is 3.15. The summed E-state index contributed by atoms with van der Waals surface area (Å²) in [6.45, 7) is 1.08. The minimum atomic E-state index is 0.809. The van der Waals surface area contributed by atoms with E-state index in [4.69, 9.17) is 0 Å². The molecule has 0 atom stereocenters. The summed E-state index contributed by atoms with van der Waals surface area (Å²) in [5, 5.41) is 3.15. The predicted molar refractivity (Wildman–Crippen MR) is 69.7 cm³/mol. The standard InChI is InChI=1S/C14H22N2/c1-15-13-9-7-12(8-10-13)11-16(2)14-5-3-4-6-14/h7-10,14-15H,3-6,11H2,1-2H3. The smallest absolute Gasteiger partial charge is 0.0337 e. The van der Waals surface area contributed by atoms with Gasteiger partial charge in [-0.05, 0) is 37.6 Å². The molecule has 1 aliphatic rings. The van der Waals surface area contributed by atoms with E-state index in [0.29, 0.717) is 0 Å². The molecular weight excluding hydrogens is 196 g/mol. The molecule has 0 saturated heterocycles. The summed E-state index contributed by atoms with van der Waals surface area (Å²) in [5.41, 5.74) is 2.60. The maximum Gasteiger partial charge on any atom is 0.0337 e. The van der Waals surface area contributed by atoms with E-state index in [2.05, 4.69) is 41.5 Å². The fourth-order valence-corrected chi connectivity index (χ4v) is 2.54. The Morgan fingerprint density at radius 3 is 2.38 bits per heavy atom. The molecule has 2 nitrogen and oxygen atoms in total. The lowest BCUT2D eigenvalue weighted by Crippen LogP contribution is -2.28. The Bertz CT molecular complexity index is 312. The molecule has 1 aliphatic carbocycles. The topological polar surface area (TPSA) is 15.3 Å². The Balaban J connectivity index is 1.92. The van der Waals surface area contributed by atoms with Crippen molar-refractivity contribution in [3.8, 4) is 0 Å². The minimum absolute atomic E-state index is 0.809. The monoisotopic (exact) mass is 218 g/mol. The SMILES string of the molecule is CNc1ccc(CN(C)C2CCCC2)cc1. The summed E-state index contributed by atoms with van der Waals surface area (Å²) in [6.07, 6.45) is 5.58. The number of benzene rings is 1. The van der Waals surface area contributed by atoms with E-state index in [1.165, 1.54) is 36.9 Å². The van der Waals surface area contributed by atoms with Crippen molar-refractivity contribution in [2.24, 2.45) is 0 Å². The van der Waals surface area contributed by atoms with Crippen molar-refractivity contribution in [1.29, 1.82) is 0 Å². The van der Waals surface area contributed by atoms with Crippen LogP contribution in [0.2, 0.25) is 0 Å². The number of hydrogen-bond acceptors (Lipinski definition) is 2. The van der Waals surface area contributed by atoms with Gasteiger partial charge in [-0.1, -0.05) is 25.0 Å². The Morgan fingerprint density at radius 1 is 1.19 bits per heavy atom. The maximum atomic E-state index is 3.15. The molecule has 1 aromatic rings. The molecule has 1 saturated carbocycles. The van der Waals surface area contributed by atoms with E-state index in [1.807, 2.05) is 7.05 Å². The van der Waals surface area contributed by atoms with Crippen molar-refractivity contribution in [2.45, 2.75) is 38.3 Å². The summed E-state index contributed by atoms with van der Waals surface area (Å²) < 4.78 is 0. The zero-order chi connectivity index (χ0) is 11.4. The molecule has 0 heterocycles. The van der Waals surface area contributed by atoms with Crippen LogP contribution in [0, 0.1) is 0 Å². The van der Waals surface area contributed by atoms with Crippen molar-refractivity contribution < 1.29 is 0 Å². The summed E-state index contributed by atoms with van der Waals surface area (Å²) in [4.78, 5) is 2.50. The van der Waals surface area contributed by atoms with Gasteiger partial charge in [0.05, 0.1) is 0 Å². The van der Waals surface area contributed by atoms with Crippen LogP contribution in [0.15, 0.2) is 24.3 Å².